The molecule has 1 saturated heterocycles. The topological polar surface area (TPSA) is 83.5 Å². The number of rotatable bonds is 6. The molecule has 0 atom stereocenters. The fraction of sp³-hybridized carbons (Fsp3) is 0.600. The van der Waals surface area contributed by atoms with E-state index in [0.717, 1.165) is 37.8 Å². The Kier molecular flexibility index (Phi) is 6.35. The van der Waals surface area contributed by atoms with Gasteiger partial charge in [-0.1, -0.05) is 12.8 Å². The maximum absolute atomic E-state index is 13.2. The van der Waals surface area contributed by atoms with E-state index in [9.17, 15) is 21.2 Å². The maximum atomic E-state index is 13.2. The van der Waals surface area contributed by atoms with Crippen LogP contribution in [0.2, 0.25) is 0 Å². The molecule has 0 bridgehead atoms. The number of nitrogens with zero attached hydrogens (tertiary/aromatic N) is 1. The minimum Gasteiger partial charge on any atom is -0.212 e. The van der Waals surface area contributed by atoms with E-state index in [0.29, 0.717) is 13.1 Å². The molecule has 0 spiro atoms. The van der Waals surface area contributed by atoms with E-state index in [2.05, 4.69) is 4.72 Å². The Hall–Kier alpha value is -1.03. The van der Waals surface area contributed by atoms with E-state index in [1.165, 1.54) is 17.3 Å². The highest BCUT2D eigenvalue weighted by molar-refractivity contribution is 7.90. The fourth-order valence-corrected chi connectivity index (χ4v) is 5.30. The summed E-state index contributed by atoms with van der Waals surface area (Å²) in [4.78, 5) is -0.0754. The van der Waals surface area contributed by atoms with Gasteiger partial charge in [0, 0.05) is 19.6 Å². The first-order chi connectivity index (χ1) is 11.2. The zero-order valence-corrected chi connectivity index (χ0v) is 15.3. The first-order valence-corrected chi connectivity index (χ1v) is 11.1. The summed E-state index contributed by atoms with van der Waals surface area (Å²) < 4.78 is 65.9. The first kappa shape index (κ1) is 19.3. The second kappa shape index (κ2) is 7.90. The molecule has 1 aliphatic rings. The summed E-state index contributed by atoms with van der Waals surface area (Å²) in [7, 11) is -7.34. The van der Waals surface area contributed by atoms with Gasteiger partial charge in [0.2, 0.25) is 20.0 Å². The van der Waals surface area contributed by atoms with Gasteiger partial charge in [0.1, 0.15) is 5.82 Å². The fourth-order valence-electron chi connectivity index (χ4n) is 2.62. The highest BCUT2D eigenvalue weighted by Crippen LogP contribution is 2.15. The van der Waals surface area contributed by atoms with Gasteiger partial charge in [0.15, 0.2) is 0 Å². The van der Waals surface area contributed by atoms with Crippen LogP contribution in [0.15, 0.2) is 23.1 Å². The Labute approximate surface area is 143 Å². The van der Waals surface area contributed by atoms with Crippen molar-refractivity contribution in [2.45, 2.75) is 37.5 Å². The van der Waals surface area contributed by atoms with Crippen LogP contribution in [0.3, 0.4) is 0 Å². The van der Waals surface area contributed by atoms with Gasteiger partial charge in [-0.15, -0.1) is 0 Å². The van der Waals surface area contributed by atoms with Crippen molar-refractivity contribution in [1.29, 1.82) is 0 Å². The lowest BCUT2D eigenvalue weighted by Gasteiger charge is -2.19. The summed E-state index contributed by atoms with van der Waals surface area (Å²) in [6, 6.07) is 3.47. The number of hydrogen-bond donors (Lipinski definition) is 1. The van der Waals surface area contributed by atoms with Crippen LogP contribution in [-0.2, 0) is 20.0 Å². The maximum Gasteiger partial charge on any atom is 0.240 e. The van der Waals surface area contributed by atoms with Gasteiger partial charge in [0.05, 0.1) is 10.6 Å². The molecule has 1 fully saturated rings. The molecule has 0 saturated carbocycles. The lowest BCUT2D eigenvalue weighted by molar-refractivity contribution is 0.423. The number of aryl methyl sites for hydroxylation is 1. The molecular formula is C15H23FN2O4S2. The van der Waals surface area contributed by atoms with Crippen molar-refractivity contribution in [3.05, 3.63) is 29.6 Å². The second-order valence-corrected chi connectivity index (χ2v) is 9.79. The SMILES string of the molecule is Cc1cc(S(=O)(=O)NCCS(=O)(=O)N2CCCCCC2)ccc1F. The van der Waals surface area contributed by atoms with E-state index in [1.807, 2.05) is 0 Å². The smallest absolute Gasteiger partial charge is 0.212 e. The summed E-state index contributed by atoms with van der Waals surface area (Å²) in [5.41, 5.74) is 0.218. The van der Waals surface area contributed by atoms with Crippen molar-refractivity contribution in [2.24, 2.45) is 0 Å². The number of hydrogen-bond acceptors (Lipinski definition) is 4. The predicted molar refractivity (Wildman–Crippen MR) is 90.2 cm³/mol. The van der Waals surface area contributed by atoms with Crippen LogP contribution in [0, 0.1) is 12.7 Å². The van der Waals surface area contributed by atoms with E-state index >= 15 is 0 Å². The Balaban J connectivity index is 1.97. The number of benzene rings is 1. The molecule has 0 unspecified atom stereocenters. The largest absolute Gasteiger partial charge is 0.240 e. The van der Waals surface area contributed by atoms with Gasteiger partial charge in [0.25, 0.3) is 0 Å². The summed E-state index contributed by atoms with van der Waals surface area (Å²) in [6.45, 7) is 2.24. The van der Waals surface area contributed by atoms with Crippen LogP contribution in [-0.4, -0.2) is 46.5 Å². The Morgan fingerprint density at radius 3 is 2.29 bits per heavy atom. The lowest BCUT2D eigenvalue weighted by atomic mass is 10.2. The van der Waals surface area contributed by atoms with E-state index in [4.69, 9.17) is 0 Å². The molecule has 0 aliphatic carbocycles. The Morgan fingerprint density at radius 2 is 1.71 bits per heavy atom. The molecular weight excluding hydrogens is 355 g/mol. The molecule has 1 aromatic rings. The molecule has 136 valence electrons. The normalized spacial score (nSPS) is 17.6. The number of sulfonamides is 2. The van der Waals surface area contributed by atoms with Gasteiger partial charge in [-0.2, -0.15) is 0 Å². The summed E-state index contributed by atoms with van der Waals surface area (Å²) >= 11 is 0. The van der Waals surface area contributed by atoms with E-state index in [1.54, 1.807) is 0 Å². The van der Waals surface area contributed by atoms with E-state index < -0.39 is 25.9 Å². The molecule has 2 rings (SSSR count). The van der Waals surface area contributed by atoms with Crippen molar-refractivity contribution in [3.63, 3.8) is 0 Å². The minimum absolute atomic E-state index is 0.0754. The van der Waals surface area contributed by atoms with Crippen molar-refractivity contribution in [3.8, 4) is 0 Å². The molecule has 9 heteroatoms. The predicted octanol–water partition coefficient (Wildman–Crippen LogP) is 1.62. The van der Waals surface area contributed by atoms with Crippen molar-refractivity contribution in [2.75, 3.05) is 25.4 Å². The van der Waals surface area contributed by atoms with Gasteiger partial charge in [-0.25, -0.2) is 30.3 Å². The van der Waals surface area contributed by atoms with Crippen LogP contribution in [0.5, 0.6) is 0 Å². The van der Waals surface area contributed by atoms with E-state index in [-0.39, 0.29) is 22.8 Å². The van der Waals surface area contributed by atoms with Crippen LogP contribution in [0.4, 0.5) is 4.39 Å². The average Bonchev–Trinajstić information content (AvgIpc) is 2.79. The Morgan fingerprint density at radius 1 is 1.08 bits per heavy atom. The average molecular weight is 378 g/mol. The van der Waals surface area contributed by atoms with Gasteiger partial charge < -0.3 is 0 Å². The molecule has 1 heterocycles. The van der Waals surface area contributed by atoms with Crippen molar-refractivity contribution < 1.29 is 21.2 Å². The zero-order chi connectivity index (χ0) is 17.8. The molecule has 6 nitrogen and oxygen atoms in total. The van der Waals surface area contributed by atoms with Gasteiger partial charge in [-0.3, -0.25) is 0 Å². The number of nitrogens with one attached hydrogen (secondary N) is 1. The standard InChI is InChI=1S/C15H23FN2O4S2/c1-13-12-14(6-7-15(13)16)24(21,22)17-8-11-23(19,20)18-9-4-2-3-5-10-18/h6-7,12,17H,2-5,8-11H2,1H3. The lowest BCUT2D eigenvalue weighted by Crippen LogP contribution is -2.38. The second-order valence-electron chi connectivity index (χ2n) is 5.94. The third kappa shape index (κ3) is 4.98. The Bertz CT molecular complexity index is 771. The molecule has 1 N–H and O–H groups in total. The molecule has 1 aliphatic heterocycles. The molecule has 0 amide bonds. The highest BCUT2D eigenvalue weighted by atomic mass is 32.2. The van der Waals surface area contributed by atoms with Gasteiger partial charge in [-0.05, 0) is 43.5 Å². The highest BCUT2D eigenvalue weighted by Gasteiger charge is 2.24. The van der Waals surface area contributed by atoms with Crippen LogP contribution in [0.1, 0.15) is 31.2 Å². The molecule has 24 heavy (non-hydrogen) atoms. The number of halogens is 1. The third-order valence-corrected chi connectivity index (χ3v) is 7.38. The van der Waals surface area contributed by atoms with Crippen molar-refractivity contribution >= 4 is 20.0 Å². The van der Waals surface area contributed by atoms with Gasteiger partial charge >= 0.3 is 0 Å². The molecule has 1 aromatic carbocycles. The zero-order valence-electron chi connectivity index (χ0n) is 13.7. The third-order valence-electron chi connectivity index (χ3n) is 4.05. The van der Waals surface area contributed by atoms with Crippen molar-refractivity contribution in [1.82, 2.24) is 9.03 Å². The van der Waals surface area contributed by atoms with Crippen LogP contribution in [0.25, 0.3) is 0 Å². The summed E-state index contributed by atoms with van der Waals surface area (Å²) in [5, 5.41) is 0. The molecule has 0 radical (unpaired) electrons. The van der Waals surface area contributed by atoms with Crippen LogP contribution < -0.4 is 4.72 Å². The summed E-state index contributed by atoms with van der Waals surface area (Å²) in [6.07, 6.45) is 3.70. The minimum atomic E-state index is -3.86. The molecule has 0 aromatic heterocycles. The van der Waals surface area contributed by atoms with Crippen LogP contribution >= 0.6 is 0 Å². The first-order valence-electron chi connectivity index (χ1n) is 7.96. The summed E-state index contributed by atoms with van der Waals surface area (Å²) in [5.74, 6) is -0.774. The monoisotopic (exact) mass is 378 g/mol. The quantitative estimate of drug-likeness (QED) is 0.815.